The maximum absolute atomic E-state index is 8.56. The number of hydrogen-bond acceptors (Lipinski definition) is 2. The summed E-state index contributed by atoms with van der Waals surface area (Å²) in [6.45, 7) is 0. The van der Waals surface area contributed by atoms with Crippen LogP contribution in [0.25, 0.3) is 0 Å². The molecule has 0 rings (SSSR count). The predicted molar refractivity (Wildman–Crippen MR) is 3.88 cm³/mol. The number of rotatable bonds is 0. The maximum atomic E-state index is 8.56. The molecule has 0 spiro atoms. The second-order valence-corrected chi connectivity index (χ2v) is 0.610. The number of hydrogen-bond donors (Lipinski definition) is 0. The van der Waals surface area contributed by atoms with Gasteiger partial charge in [-0.25, -0.2) is 0 Å². The molecular formula is HFO2Ta. The Morgan fingerprint density at radius 3 is 1.25 bits per heavy atom. The van der Waals surface area contributed by atoms with Gasteiger partial charge in [-0.1, -0.05) is 0 Å². The van der Waals surface area contributed by atoms with Gasteiger partial charge in [-0.05, 0) is 0 Å². The molecule has 0 amide bonds. The summed E-state index contributed by atoms with van der Waals surface area (Å²) in [5, 5.41) is 0. The standard InChI is InChI=1S/FH.2O.Ta/h1H;;;. The van der Waals surface area contributed by atoms with Crippen LogP contribution < -0.4 is 0 Å². The fourth-order valence-corrected chi connectivity index (χ4v) is 0. The molecule has 0 aliphatic rings. The Bertz CT molecular complexity index is 27.0. The van der Waals surface area contributed by atoms with E-state index in [4.69, 9.17) is 6.50 Å². The van der Waals surface area contributed by atoms with E-state index in [-0.39, 0.29) is 4.70 Å². The molecule has 4 heteroatoms. The molecule has 0 bridgehead atoms. The van der Waals surface area contributed by atoms with Crippen LogP contribution in [0.3, 0.4) is 0 Å². The monoisotopic (exact) mass is 233 g/mol. The molecular weight excluding hydrogens is 232 g/mol. The fourth-order valence-electron chi connectivity index (χ4n) is 0. The summed E-state index contributed by atoms with van der Waals surface area (Å²) in [4.78, 5) is 0. The molecule has 0 saturated carbocycles. The van der Waals surface area contributed by atoms with Crippen LogP contribution in [-0.2, 0) is 26.2 Å². The molecule has 0 saturated heterocycles. The van der Waals surface area contributed by atoms with E-state index in [0.29, 0.717) is 0 Å². The van der Waals surface area contributed by atoms with E-state index in [2.05, 4.69) is 0 Å². The first-order valence-corrected chi connectivity index (χ1v) is 2.99. The van der Waals surface area contributed by atoms with Crippen LogP contribution in [0.5, 0.6) is 0 Å². The van der Waals surface area contributed by atoms with Gasteiger partial charge in [-0.3, -0.25) is 4.70 Å². The first-order chi connectivity index (χ1) is 1.41. The molecule has 25 valence electrons. The zero-order valence-electron chi connectivity index (χ0n) is 1.67. The van der Waals surface area contributed by atoms with Crippen LogP contribution in [0.4, 0.5) is 4.70 Å². The molecule has 2 nitrogen and oxygen atoms in total. The molecule has 0 aliphatic heterocycles. The van der Waals surface area contributed by atoms with Gasteiger partial charge in [0.2, 0.25) is 0 Å². The SMILES string of the molecule is F.[O]=[Ta]=[O]. The summed E-state index contributed by atoms with van der Waals surface area (Å²) >= 11 is -2.33. The summed E-state index contributed by atoms with van der Waals surface area (Å²) in [5.74, 6) is 0. The van der Waals surface area contributed by atoms with Crippen molar-refractivity contribution in [1.29, 1.82) is 0 Å². The van der Waals surface area contributed by atoms with E-state index in [1.807, 2.05) is 0 Å². The van der Waals surface area contributed by atoms with E-state index in [1.54, 1.807) is 0 Å². The molecule has 4 heavy (non-hydrogen) atoms. The van der Waals surface area contributed by atoms with Crippen LogP contribution in [-0.4, -0.2) is 0 Å². The molecule has 0 fully saturated rings. The first-order valence-electron chi connectivity index (χ1n) is 0.365. The fraction of sp³-hybridized carbons (Fsp3) is 0. The Balaban J connectivity index is 0. The van der Waals surface area contributed by atoms with Crippen molar-refractivity contribution < 1.29 is 30.9 Å². The zero-order chi connectivity index (χ0) is 2.71. The van der Waals surface area contributed by atoms with Crippen LogP contribution in [0, 0.1) is 0 Å². The summed E-state index contributed by atoms with van der Waals surface area (Å²) in [7, 11) is 0. The quantitative estimate of drug-likeness (QED) is 0.586. The molecule has 0 unspecified atom stereocenters. The van der Waals surface area contributed by atoms with Crippen molar-refractivity contribution in [2.24, 2.45) is 0 Å². The van der Waals surface area contributed by atoms with Gasteiger partial charge in [0.15, 0.2) is 0 Å². The van der Waals surface area contributed by atoms with Crippen molar-refractivity contribution in [3.63, 3.8) is 0 Å². The van der Waals surface area contributed by atoms with Crippen LogP contribution in [0.2, 0.25) is 0 Å². The molecule has 0 aromatic rings. The average Bonchev–Trinajstić information content (AvgIpc) is 0.918. The number of halogens is 1. The Hall–Kier alpha value is 0.270. The van der Waals surface area contributed by atoms with Crippen LogP contribution in [0.15, 0.2) is 0 Å². The van der Waals surface area contributed by atoms with Crippen LogP contribution in [0.1, 0.15) is 0 Å². The van der Waals surface area contributed by atoms with Gasteiger partial charge >= 0.3 is 26.2 Å². The van der Waals surface area contributed by atoms with E-state index >= 15 is 0 Å². The Morgan fingerprint density at radius 1 is 1.25 bits per heavy atom. The van der Waals surface area contributed by atoms with Crippen molar-refractivity contribution in [3.8, 4) is 0 Å². The van der Waals surface area contributed by atoms with Gasteiger partial charge in [-0.2, -0.15) is 0 Å². The van der Waals surface area contributed by atoms with Crippen molar-refractivity contribution in [2.45, 2.75) is 0 Å². The minimum absolute atomic E-state index is 0. The third-order valence-corrected chi connectivity index (χ3v) is 0. The molecule has 0 aliphatic carbocycles. The third kappa shape index (κ3) is 50.2. The molecule has 0 aromatic carbocycles. The first kappa shape index (κ1) is 8.86. The molecule has 0 atom stereocenters. The van der Waals surface area contributed by atoms with Crippen molar-refractivity contribution in [2.75, 3.05) is 0 Å². The Labute approximate surface area is 31.6 Å². The summed E-state index contributed by atoms with van der Waals surface area (Å²) in [6, 6.07) is 0. The predicted octanol–water partition coefficient (Wildman–Crippen LogP) is -0.0876. The topological polar surface area (TPSA) is 34.1 Å². The molecule has 0 N–H and O–H groups in total. The second-order valence-electron chi connectivity index (χ2n) is 0.0745. The van der Waals surface area contributed by atoms with Gasteiger partial charge in [-0.15, -0.1) is 0 Å². The Morgan fingerprint density at radius 2 is 1.25 bits per heavy atom. The van der Waals surface area contributed by atoms with E-state index in [1.165, 1.54) is 0 Å². The van der Waals surface area contributed by atoms with Gasteiger partial charge in [0.25, 0.3) is 0 Å². The molecule has 0 heterocycles. The van der Waals surface area contributed by atoms with Crippen molar-refractivity contribution >= 4 is 0 Å². The molecule has 0 radical (unpaired) electrons. The summed E-state index contributed by atoms with van der Waals surface area (Å²) in [5.41, 5.74) is 0. The Kier molecular flexibility index (Phi) is 23.1. The van der Waals surface area contributed by atoms with Crippen molar-refractivity contribution in [1.82, 2.24) is 0 Å². The van der Waals surface area contributed by atoms with E-state index in [9.17, 15) is 0 Å². The van der Waals surface area contributed by atoms with E-state index in [0.717, 1.165) is 0 Å². The van der Waals surface area contributed by atoms with E-state index < -0.39 is 19.7 Å². The second kappa shape index (κ2) is 10.4. The third-order valence-electron chi connectivity index (χ3n) is 0. The van der Waals surface area contributed by atoms with Gasteiger partial charge in [0, 0.05) is 0 Å². The molecule has 0 aromatic heterocycles. The summed E-state index contributed by atoms with van der Waals surface area (Å²) < 4.78 is 17.1. The minimum atomic E-state index is -2.33. The van der Waals surface area contributed by atoms with Gasteiger partial charge in [0.05, 0.1) is 0 Å². The average molecular weight is 233 g/mol. The zero-order valence-corrected chi connectivity index (χ0v) is 4.89. The normalized spacial score (nSPS) is 2.00. The van der Waals surface area contributed by atoms with Gasteiger partial charge in [0.1, 0.15) is 0 Å². The van der Waals surface area contributed by atoms with Crippen LogP contribution >= 0.6 is 0 Å². The van der Waals surface area contributed by atoms with Gasteiger partial charge < -0.3 is 0 Å². The van der Waals surface area contributed by atoms with Crippen molar-refractivity contribution in [3.05, 3.63) is 0 Å². The summed E-state index contributed by atoms with van der Waals surface area (Å²) in [6.07, 6.45) is 0.